The number of ether oxygens (including phenoxy) is 2. The van der Waals surface area contributed by atoms with E-state index >= 15 is 0 Å². The molecule has 46 heavy (non-hydrogen) atoms. The summed E-state index contributed by atoms with van der Waals surface area (Å²) < 4.78 is 11.0. The Kier molecular flexibility index (Phi) is 19.6. The summed E-state index contributed by atoms with van der Waals surface area (Å²) in [7, 11) is 0. The number of cyclic esters (lactones) is 1. The van der Waals surface area contributed by atoms with Gasteiger partial charge in [0.1, 0.15) is 18.3 Å². The topological polar surface area (TPSA) is 148 Å². The lowest BCUT2D eigenvalue weighted by Crippen LogP contribution is -2.32. The van der Waals surface area contributed by atoms with Gasteiger partial charge in [-0.1, -0.05) is 85.3 Å². The maximum absolute atomic E-state index is 12.7. The van der Waals surface area contributed by atoms with Gasteiger partial charge in [-0.15, -0.1) is 0 Å². The number of allylic oxidation sites excluding steroid dienone is 8. The number of esters is 1. The normalized spacial score (nSPS) is 26.9. The quantitative estimate of drug-likeness (QED) is 0.0966. The van der Waals surface area contributed by atoms with Gasteiger partial charge in [-0.3, -0.25) is 4.79 Å². The molecule has 0 aromatic heterocycles. The largest absolute Gasteiger partial charge is 0.458 e. The van der Waals surface area contributed by atoms with Crippen molar-refractivity contribution < 1.29 is 34.1 Å². The van der Waals surface area contributed by atoms with Gasteiger partial charge >= 0.3 is 12.1 Å². The number of carbonyl (C=O) groups excluding carboxylic acids is 3. The van der Waals surface area contributed by atoms with Gasteiger partial charge in [0.05, 0.1) is 6.10 Å². The molecule has 0 radical (unpaired) electrons. The number of nitrogens with two attached hydrogens (primary N) is 1. The van der Waals surface area contributed by atoms with Crippen molar-refractivity contribution in [1.82, 2.24) is 5.32 Å². The highest BCUT2D eigenvalue weighted by Gasteiger charge is 2.21. The molecule has 0 aliphatic carbocycles. The van der Waals surface area contributed by atoms with Crippen LogP contribution in [0.15, 0.2) is 95.8 Å². The fraction of sp³-hybridized carbons (Fsp3) is 0.486. The molecule has 5 unspecified atom stereocenters. The minimum Gasteiger partial charge on any atom is -0.458 e. The van der Waals surface area contributed by atoms with Crippen molar-refractivity contribution in [2.75, 3.05) is 0 Å². The number of hydrogen-bond acceptors (Lipinski definition) is 7. The van der Waals surface area contributed by atoms with E-state index in [0.717, 1.165) is 28.7 Å². The molecule has 0 fully saturated rings. The van der Waals surface area contributed by atoms with Crippen LogP contribution in [0.2, 0.25) is 0 Å². The zero-order valence-corrected chi connectivity index (χ0v) is 28.1. The lowest BCUT2D eigenvalue weighted by atomic mass is 9.95. The molecule has 9 heteroatoms. The average Bonchev–Trinajstić information content (AvgIpc) is 2.97. The third kappa shape index (κ3) is 18.8. The summed E-state index contributed by atoms with van der Waals surface area (Å²) in [5.41, 5.74) is 9.10. The Hall–Kier alpha value is -3.95. The highest BCUT2D eigenvalue weighted by atomic mass is 16.6. The summed E-state index contributed by atoms with van der Waals surface area (Å²) in [4.78, 5) is 36.4. The van der Waals surface area contributed by atoms with Gasteiger partial charge in [-0.2, -0.15) is 0 Å². The fourth-order valence-corrected chi connectivity index (χ4v) is 4.76. The van der Waals surface area contributed by atoms with E-state index in [1.807, 2.05) is 58.9 Å². The molecule has 0 spiro atoms. The molecule has 2 amide bonds. The average molecular weight is 639 g/mol. The van der Waals surface area contributed by atoms with Gasteiger partial charge < -0.3 is 30.7 Å². The van der Waals surface area contributed by atoms with Gasteiger partial charge in [-0.25, -0.2) is 9.59 Å². The SMILES string of the molecule is C=C(C)C/C(=C\C(=O)N/C=C/C(C)=C/C(C)C1C/C(C)=C/C=C/CCC(OC(N)=O)C(O)/C=C/C(O)CCC/C=C/C(=O)O1)CC. The first kappa shape index (κ1) is 40.1. The van der Waals surface area contributed by atoms with Gasteiger partial charge in [0, 0.05) is 30.7 Å². The van der Waals surface area contributed by atoms with Crippen LogP contribution >= 0.6 is 0 Å². The fourth-order valence-electron chi connectivity index (χ4n) is 4.76. The lowest BCUT2D eigenvalue weighted by Gasteiger charge is -2.22. The Morgan fingerprint density at radius 2 is 1.93 bits per heavy atom. The zero-order chi connectivity index (χ0) is 34.5. The molecular formula is C37H54N2O7. The highest BCUT2D eigenvalue weighted by molar-refractivity contribution is 5.89. The van der Waals surface area contributed by atoms with E-state index in [0.29, 0.717) is 44.9 Å². The number of primary amides is 1. The monoisotopic (exact) mass is 638 g/mol. The second kappa shape index (κ2) is 22.5. The zero-order valence-electron chi connectivity index (χ0n) is 28.1. The molecule has 5 N–H and O–H groups in total. The summed E-state index contributed by atoms with van der Waals surface area (Å²) in [6.45, 7) is 13.7. The van der Waals surface area contributed by atoms with Crippen LogP contribution in [0.3, 0.4) is 0 Å². The summed E-state index contributed by atoms with van der Waals surface area (Å²) in [5.74, 6) is -0.779. The number of amides is 2. The van der Waals surface area contributed by atoms with Crippen molar-refractivity contribution >= 4 is 18.0 Å². The molecule has 0 aromatic carbocycles. The molecule has 1 aliphatic heterocycles. The van der Waals surface area contributed by atoms with E-state index in [1.54, 1.807) is 24.4 Å². The van der Waals surface area contributed by atoms with Gasteiger partial charge in [-0.05, 0) is 71.8 Å². The number of rotatable bonds is 9. The maximum Gasteiger partial charge on any atom is 0.404 e. The number of aliphatic hydroxyl groups excluding tert-OH is 2. The minimum absolute atomic E-state index is 0.139. The van der Waals surface area contributed by atoms with Crippen LogP contribution in [0.4, 0.5) is 4.79 Å². The molecular weight excluding hydrogens is 584 g/mol. The van der Waals surface area contributed by atoms with Crippen molar-refractivity contribution in [1.29, 1.82) is 0 Å². The van der Waals surface area contributed by atoms with E-state index in [2.05, 4.69) is 11.9 Å². The van der Waals surface area contributed by atoms with Crippen molar-refractivity contribution in [2.45, 2.75) is 110 Å². The second-order valence-electron chi connectivity index (χ2n) is 11.9. The Morgan fingerprint density at radius 1 is 1.20 bits per heavy atom. The van der Waals surface area contributed by atoms with Crippen LogP contribution in [0.5, 0.6) is 0 Å². The van der Waals surface area contributed by atoms with Crippen LogP contribution in [0, 0.1) is 5.92 Å². The first-order valence-corrected chi connectivity index (χ1v) is 16.0. The molecule has 5 atom stereocenters. The Bertz CT molecular complexity index is 1220. The molecule has 254 valence electrons. The molecule has 0 saturated carbocycles. The first-order valence-electron chi connectivity index (χ1n) is 16.0. The van der Waals surface area contributed by atoms with Gasteiger partial charge in [0.2, 0.25) is 5.91 Å². The van der Waals surface area contributed by atoms with Gasteiger partial charge in [0.15, 0.2) is 0 Å². The predicted octanol–water partition coefficient (Wildman–Crippen LogP) is 6.57. The van der Waals surface area contributed by atoms with Crippen LogP contribution in [0.1, 0.15) is 86.0 Å². The molecule has 0 aromatic rings. The first-order chi connectivity index (χ1) is 21.8. The maximum atomic E-state index is 12.7. The van der Waals surface area contributed by atoms with Crippen LogP contribution in [-0.2, 0) is 19.1 Å². The van der Waals surface area contributed by atoms with E-state index in [-0.39, 0.29) is 11.8 Å². The Labute approximate surface area is 275 Å². The molecule has 1 aliphatic rings. The number of hydrogen-bond donors (Lipinski definition) is 4. The molecule has 1 heterocycles. The summed E-state index contributed by atoms with van der Waals surface area (Å²) in [5, 5.41) is 23.5. The summed E-state index contributed by atoms with van der Waals surface area (Å²) in [6.07, 6.45) is 18.9. The predicted molar refractivity (Wildman–Crippen MR) is 183 cm³/mol. The van der Waals surface area contributed by atoms with Gasteiger partial charge in [0.25, 0.3) is 0 Å². The van der Waals surface area contributed by atoms with Crippen molar-refractivity contribution in [2.24, 2.45) is 11.7 Å². The minimum atomic E-state index is -1.12. The smallest absolute Gasteiger partial charge is 0.404 e. The van der Waals surface area contributed by atoms with Crippen LogP contribution < -0.4 is 11.1 Å². The molecule has 9 nitrogen and oxygen atoms in total. The van der Waals surface area contributed by atoms with Crippen molar-refractivity contribution in [3.05, 3.63) is 95.8 Å². The van der Waals surface area contributed by atoms with E-state index < -0.39 is 36.5 Å². The molecule has 0 saturated heterocycles. The standard InChI is InChI=1S/C37H54N2O7/c1-7-30(22-26(2)3)25-35(42)39-21-20-28(5)23-29(6)34-24-27(4)14-10-8-12-16-33(46-37(38)44)32(41)19-18-31(40)15-11-9-13-17-36(43)45-34/h8,10,13-14,17-21,23,25,29,31-34,40-41H,2,7,9,11-12,15-16,22,24H2,1,3-6H3,(H2,38,44)(H,39,42)/b10-8+,17-13+,19-18+,21-20+,27-14+,28-23+,30-25-. The van der Waals surface area contributed by atoms with E-state index in [9.17, 15) is 24.6 Å². The third-order valence-corrected chi connectivity index (χ3v) is 7.23. The summed E-state index contributed by atoms with van der Waals surface area (Å²) in [6, 6.07) is 0. The number of nitrogens with one attached hydrogen (secondary N) is 1. The lowest BCUT2D eigenvalue weighted by molar-refractivity contribution is -0.144. The van der Waals surface area contributed by atoms with Crippen LogP contribution in [0.25, 0.3) is 0 Å². The highest BCUT2D eigenvalue weighted by Crippen LogP contribution is 2.21. The van der Waals surface area contributed by atoms with E-state index in [1.165, 1.54) is 18.2 Å². The summed E-state index contributed by atoms with van der Waals surface area (Å²) >= 11 is 0. The number of carbonyl (C=O) groups is 3. The number of aliphatic hydroxyl groups is 2. The molecule has 1 rings (SSSR count). The van der Waals surface area contributed by atoms with E-state index in [4.69, 9.17) is 15.2 Å². The van der Waals surface area contributed by atoms with Crippen molar-refractivity contribution in [3.8, 4) is 0 Å². The second-order valence-corrected chi connectivity index (χ2v) is 11.9. The Morgan fingerprint density at radius 3 is 2.61 bits per heavy atom. The molecule has 0 bridgehead atoms. The van der Waals surface area contributed by atoms with Crippen LogP contribution in [-0.4, -0.2) is 52.6 Å². The third-order valence-electron chi connectivity index (χ3n) is 7.23. The Balaban J connectivity index is 3.08. The van der Waals surface area contributed by atoms with Crippen molar-refractivity contribution in [3.63, 3.8) is 0 Å².